The average molecular weight is 433 g/mol. The molecular weight excluding hydrogens is 404 g/mol. The zero-order valence-corrected chi connectivity index (χ0v) is 18.5. The molecule has 1 aliphatic heterocycles. The molecule has 1 aromatic carbocycles. The van der Waals surface area contributed by atoms with Crippen LogP contribution in [0.3, 0.4) is 0 Å². The van der Waals surface area contributed by atoms with Crippen molar-refractivity contribution >= 4 is 23.3 Å². The Balaban J connectivity index is 1.44. The number of carbonyl (C=O) groups is 1. The van der Waals surface area contributed by atoms with Crippen LogP contribution in [-0.2, 0) is 11.2 Å². The van der Waals surface area contributed by atoms with Crippen LogP contribution in [0.4, 0.5) is 5.82 Å². The van der Waals surface area contributed by atoms with E-state index in [0.29, 0.717) is 23.1 Å². The van der Waals surface area contributed by atoms with Crippen LogP contribution < -0.4 is 19.7 Å². The molecule has 2 heterocycles. The van der Waals surface area contributed by atoms with E-state index in [1.807, 2.05) is 37.3 Å². The summed E-state index contributed by atoms with van der Waals surface area (Å²) < 4.78 is 10.6. The number of carbonyl (C=O) groups excluding carboxylic acids is 1. The van der Waals surface area contributed by atoms with E-state index in [-0.39, 0.29) is 11.9 Å². The van der Waals surface area contributed by atoms with E-state index in [4.69, 9.17) is 21.1 Å². The van der Waals surface area contributed by atoms with Crippen molar-refractivity contribution in [1.82, 2.24) is 15.2 Å². The van der Waals surface area contributed by atoms with Crippen LogP contribution >= 0.6 is 11.6 Å². The van der Waals surface area contributed by atoms with Gasteiger partial charge in [0.15, 0.2) is 11.5 Å². The molecule has 30 heavy (non-hydrogen) atoms. The Morgan fingerprint density at radius 1 is 1.13 bits per heavy atom. The molecule has 8 heteroatoms. The SMILES string of the molecule is COc1ccc(CCNC(=O)C(C)N2CCN(c3ccc(Cl)cn3)CC2)cc1OC. The van der Waals surface area contributed by atoms with Gasteiger partial charge in [-0.25, -0.2) is 4.98 Å². The molecule has 0 aliphatic carbocycles. The molecule has 0 saturated carbocycles. The fourth-order valence-electron chi connectivity index (χ4n) is 3.57. The van der Waals surface area contributed by atoms with E-state index in [2.05, 4.69) is 20.1 Å². The second-order valence-corrected chi connectivity index (χ2v) is 7.70. The van der Waals surface area contributed by atoms with E-state index in [9.17, 15) is 4.79 Å². The van der Waals surface area contributed by atoms with E-state index in [1.54, 1.807) is 20.4 Å². The maximum atomic E-state index is 12.6. The van der Waals surface area contributed by atoms with Gasteiger partial charge in [-0.3, -0.25) is 9.69 Å². The van der Waals surface area contributed by atoms with E-state index < -0.39 is 0 Å². The number of halogens is 1. The third-order valence-corrected chi connectivity index (χ3v) is 5.66. The first-order valence-corrected chi connectivity index (χ1v) is 10.5. The van der Waals surface area contributed by atoms with Gasteiger partial charge in [0.25, 0.3) is 0 Å². The summed E-state index contributed by atoms with van der Waals surface area (Å²) in [7, 11) is 3.23. The summed E-state index contributed by atoms with van der Waals surface area (Å²) in [5.74, 6) is 2.37. The van der Waals surface area contributed by atoms with Crippen molar-refractivity contribution < 1.29 is 14.3 Å². The molecule has 1 aliphatic rings. The van der Waals surface area contributed by atoms with Gasteiger partial charge < -0.3 is 19.7 Å². The van der Waals surface area contributed by atoms with E-state index in [0.717, 1.165) is 44.0 Å². The fourth-order valence-corrected chi connectivity index (χ4v) is 3.68. The minimum atomic E-state index is -0.171. The van der Waals surface area contributed by atoms with Crippen molar-refractivity contribution in [3.63, 3.8) is 0 Å². The molecule has 1 atom stereocenters. The zero-order chi connectivity index (χ0) is 21.5. The number of aromatic nitrogens is 1. The first kappa shape index (κ1) is 22.2. The van der Waals surface area contributed by atoms with Crippen LogP contribution in [0.2, 0.25) is 5.02 Å². The first-order valence-electron chi connectivity index (χ1n) is 10.1. The monoisotopic (exact) mass is 432 g/mol. The van der Waals surface area contributed by atoms with Crippen molar-refractivity contribution in [3.8, 4) is 11.5 Å². The van der Waals surface area contributed by atoms with Gasteiger partial charge in [-0.1, -0.05) is 17.7 Å². The minimum Gasteiger partial charge on any atom is -0.493 e. The highest BCUT2D eigenvalue weighted by atomic mass is 35.5. The Morgan fingerprint density at radius 3 is 2.50 bits per heavy atom. The second-order valence-electron chi connectivity index (χ2n) is 7.26. The summed E-state index contributed by atoms with van der Waals surface area (Å²) >= 11 is 5.91. The van der Waals surface area contributed by atoms with Gasteiger partial charge in [0, 0.05) is 38.9 Å². The third kappa shape index (κ3) is 5.55. The number of amides is 1. The second kappa shape index (κ2) is 10.5. The van der Waals surface area contributed by atoms with Crippen molar-refractivity contribution in [2.24, 2.45) is 0 Å². The number of methoxy groups -OCH3 is 2. The van der Waals surface area contributed by atoms with E-state index in [1.165, 1.54) is 0 Å². The summed E-state index contributed by atoms with van der Waals surface area (Å²) in [5.41, 5.74) is 1.09. The van der Waals surface area contributed by atoms with Crippen LogP contribution in [0.25, 0.3) is 0 Å². The Labute approximate surface area is 182 Å². The third-order valence-electron chi connectivity index (χ3n) is 5.44. The summed E-state index contributed by atoms with van der Waals surface area (Å²) in [4.78, 5) is 21.4. The largest absolute Gasteiger partial charge is 0.493 e. The number of anilines is 1. The van der Waals surface area contributed by atoms with E-state index >= 15 is 0 Å². The molecule has 1 saturated heterocycles. The normalized spacial score (nSPS) is 15.5. The number of hydrogen-bond acceptors (Lipinski definition) is 6. The highest BCUT2D eigenvalue weighted by molar-refractivity contribution is 6.30. The first-order chi connectivity index (χ1) is 14.5. The van der Waals surface area contributed by atoms with Crippen LogP contribution in [0.15, 0.2) is 36.5 Å². The number of nitrogens with one attached hydrogen (secondary N) is 1. The number of benzene rings is 1. The van der Waals surface area contributed by atoms with Gasteiger partial charge >= 0.3 is 0 Å². The molecule has 0 bridgehead atoms. The van der Waals surface area contributed by atoms with Crippen molar-refractivity contribution in [1.29, 1.82) is 0 Å². The van der Waals surface area contributed by atoms with Gasteiger partial charge in [-0.05, 0) is 43.2 Å². The van der Waals surface area contributed by atoms with Crippen LogP contribution in [0, 0.1) is 0 Å². The average Bonchev–Trinajstić information content (AvgIpc) is 2.79. The lowest BCUT2D eigenvalue weighted by Gasteiger charge is -2.38. The number of ether oxygens (including phenoxy) is 2. The highest BCUT2D eigenvalue weighted by Gasteiger charge is 2.25. The predicted molar refractivity (Wildman–Crippen MR) is 119 cm³/mol. The summed E-state index contributed by atoms with van der Waals surface area (Å²) in [5, 5.41) is 3.69. The van der Waals surface area contributed by atoms with Crippen LogP contribution in [-0.4, -0.2) is 68.8 Å². The fraction of sp³-hybridized carbons (Fsp3) is 0.455. The van der Waals surface area contributed by atoms with Gasteiger partial charge in [-0.2, -0.15) is 0 Å². The topological polar surface area (TPSA) is 66.9 Å². The Hall–Kier alpha value is -2.51. The van der Waals surface area contributed by atoms with Gasteiger partial charge in [0.1, 0.15) is 5.82 Å². The molecule has 7 nitrogen and oxygen atoms in total. The zero-order valence-electron chi connectivity index (χ0n) is 17.7. The number of nitrogens with zero attached hydrogens (tertiary/aromatic N) is 3. The molecule has 0 radical (unpaired) electrons. The number of pyridine rings is 1. The lowest BCUT2D eigenvalue weighted by Crippen LogP contribution is -2.54. The summed E-state index contributed by atoms with van der Waals surface area (Å²) in [6, 6.07) is 9.43. The van der Waals surface area contributed by atoms with Gasteiger partial charge in [0.2, 0.25) is 5.91 Å². The summed E-state index contributed by atoms with van der Waals surface area (Å²) in [6.45, 7) is 5.83. The van der Waals surface area contributed by atoms with Crippen LogP contribution in [0.5, 0.6) is 11.5 Å². The lowest BCUT2D eigenvalue weighted by atomic mass is 10.1. The maximum Gasteiger partial charge on any atom is 0.237 e. The lowest BCUT2D eigenvalue weighted by molar-refractivity contribution is -0.125. The number of hydrogen-bond donors (Lipinski definition) is 1. The number of piperazine rings is 1. The van der Waals surface area contributed by atoms with Gasteiger partial charge in [-0.15, -0.1) is 0 Å². The van der Waals surface area contributed by atoms with Crippen molar-refractivity contribution in [2.75, 3.05) is 51.8 Å². The van der Waals surface area contributed by atoms with Crippen LogP contribution in [0.1, 0.15) is 12.5 Å². The molecule has 2 aromatic rings. The van der Waals surface area contributed by atoms with Crippen molar-refractivity contribution in [2.45, 2.75) is 19.4 Å². The number of rotatable bonds is 8. The standard InChI is InChI=1S/C22H29ClN4O3/c1-16(26-10-12-27(13-11-26)21-7-5-18(23)15-25-21)22(28)24-9-8-17-4-6-19(29-2)20(14-17)30-3/h4-7,14-16H,8-13H2,1-3H3,(H,24,28). The molecule has 1 amide bonds. The molecule has 1 fully saturated rings. The molecular formula is C22H29ClN4O3. The van der Waals surface area contributed by atoms with Crippen molar-refractivity contribution in [3.05, 3.63) is 47.1 Å². The highest BCUT2D eigenvalue weighted by Crippen LogP contribution is 2.27. The Morgan fingerprint density at radius 2 is 1.87 bits per heavy atom. The maximum absolute atomic E-state index is 12.6. The smallest absolute Gasteiger partial charge is 0.237 e. The molecule has 3 rings (SSSR count). The molecule has 1 N–H and O–H groups in total. The predicted octanol–water partition coefficient (Wildman–Crippen LogP) is 2.62. The molecule has 1 unspecified atom stereocenters. The molecule has 0 spiro atoms. The Kier molecular flexibility index (Phi) is 7.76. The molecule has 1 aromatic heterocycles. The quantitative estimate of drug-likeness (QED) is 0.691. The Bertz CT molecular complexity index is 839. The van der Waals surface area contributed by atoms with Gasteiger partial charge in [0.05, 0.1) is 25.3 Å². The minimum absolute atomic E-state index is 0.0496. The summed E-state index contributed by atoms with van der Waals surface area (Å²) in [6.07, 6.45) is 2.40. The molecule has 162 valence electrons.